The largest absolute Gasteiger partial charge is 0.388 e. The lowest BCUT2D eigenvalue weighted by Gasteiger charge is -2.51. The second kappa shape index (κ2) is 5.42. The Labute approximate surface area is 117 Å². The van der Waals surface area contributed by atoms with E-state index in [2.05, 4.69) is 31.9 Å². The van der Waals surface area contributed by atoms with Crippen molar-refractivity contribution in [3.05, 3.63) is 0 Å². The summed E-state index contributed by atoms with van der Waals surface area (Å²) >= 11 is 0. The highest BCUT2D eigenvalue weighted by Crippen LogP contribution is 2.51. The number of likely N-dealkylation sites (tertiary alicyclic amines) is 1. The highest BCUT2D eigenvalue weighted by atomic mass is 16.3. The van der Waals surface area contributed by atoms with Crippen molar-refractivity contribution < 1.29 is 5.11 Å². The van der Waals surface area contributed by atoms with Gasteiger partial charge in [0.05, 0.1) is 17.1 Å². The summed E-state index contributed by atoms with van der Waals surface area (Å²) in [6.45, 7) is 5.29. The summed E-state index contributed by atoms with van der Waals surface area (Å²) in [4.78, 5) is 2.29. The molecule has 19 heavy (non-hydrogen) atoms. The summed E-state index contributed by atoms with van der Waals surface area (Å²) in [6, 6.07) is 2.91. The van der Waals surface area contributed by atoms with Crippen molar-refractivity contribution in [3.8, 4) is 6.07 Å². The molecule has 1 aliphatic carbocycles. The van der Waals surface area contributed by atoms with E-state index in [0.29, 0.717) is 6.04 Å². The van der Waals surface area contributed by atoms with Crippen molar-refractivity contribution in [3.63, 3.8) is 0 Å². The van der Waals surface area contributed by atoms with Crippen LogP contribution in [-0.2, 0) is 0 Å². The summed E-state index contributed by atoms with van der Waals surface area (Å²) in [5.74, 6) is 0.758. The van der Waals surface area contributed by atoms with Gasteiger partial charge in [-0.05, 0) is 58.4 Å². The van der Waals surface area contributed by atoms with Gasteiger partial charge in [0, 0.05) is 12.6 Å². The Morgan fingerprint density at radius 1 is 1.32 bits per heavy atom. The zero-order chi connectivity index (χ0) is 14.1. The molecule has 2 rings (SSSR count). The monoisotopic (exact) mass is 264 g/mol. The van der Waals surface area contributed by atoms with Gasteiger partial charge < -0.3 is 10.0 Å². The van der Waals surface area contributed by atoms with E-state index >= 15 is 0 Å². The maximum atomic E-state index is 11.1. The van der Waals surface area contributed by atoms with Crippen LogP contribution in [0.3, 0.4) is 0 Å². The molecule has 0 aromatic rings. The zero-order valence-electron chi connectivity index (χ0n) is 12.7. The first kappa shape index (κ1) is 14.8. The van der Waals surface area contributed by atoms with E-state index in [4.69, 9.17) is 0 Å². The summed E-state index contributed by atoms with van der Waals surface area (Å²) in [5.41, 5.74) is -1.26. The first-order valence-corrected chi connectivity index (χ1v) is 7.80. The SMILES string of the molecule is CCC1CCC(C#N)(C2(O)CCN(C)C(C)C2)CC1. The average molecular weight is 264 g/mol. The average Bonchev–Trinajstić information content (AvgIpc) is 2.43. The third-order valence-corrected chi connectivity index (χ3v) is 5.90. The van der Waals surface area contributed by atoms with E-state index in [9.17, 15) is 10.4 Å². The van der Waals surface area contributed by atoms with Gasteiger partial charge in [0.15, 0.2) is 0 Å². The molecule has 1 saturated heterocycles. The fourth-order valence-electron chi connectivity index (χ4n) is 4.02. The molecule has 2 atom stereocenters. The van der Waals surface area contributed by atoms with Crippen molar-refractivity contribution in [2.75, 3.05) is 13.6 Å². The van der Waals surface area contributed by atoms with Gasteiger partial charge in [-0.3, -0.25) is 0 Å². The fraction of sp³-hybridized carbons (Fsp3) is 0.938. The van der Waals surface area contributed by atoms with Crippen molar-refractivity contribution in [2.24, 2.45) is 11.3 Å². The van der Waals surface area contributed by atoms with Crippen molar-refractivity contribution in [2.45, 2.75) is 70.4 Å². The standard InChI is InChI=1S/C16H28N2O/c1-4-14-5-7-15(12-17,8-6-14)16(19)9-10-18(3)13(2)11-16/h13-14,19H,4-11H2,1-3H3. The molecular formula is C16H28N2O. The van der Waals surface area contributed by atoms with Crippen LogP contribution in [0.2, 0.25) is 0 Å². The molecule has 1 N–H and O–H groups in total. The predicted molar refractivity (Wildman–Crippen MR) is 76.6 cm³/mol. The number of hydrogen-bond donors (Lipinski definition) is 1. The Morgan fingerprint density at radius 3 is 2.42 bits per heavy atom. The van der Waals surface area contributed by atoms with Gasteiger partial charge in [-0.1, -0.05) is 13.3 Å². The Kier molecular flexibility index (Phi) is 4.23. The highest BCUT2D eigenvalue weighted by Gasteiger charge is 2.53. The van der Waals surface area contributed by atoms with E-state index in [-0.39, 0.29) is 0 Å². The first-order chi connectivity index (χ1) is 8.96. The quantitative estimate of drug-likeness (QED) is 0.834. The normalized spacial score (nSPS) is 44.8. The minimum atomic E-state index is -0.771. The Balaban J connectivity index is 2.15. The van der Waals surface area contributed by atoms with Gasteiger partial charge in [0.1, 0.15) is 0 Å². The second-order valence-corrected chi connectivity index (χ2v) is 6.86. The molecule has 3 heteroatoms. The number of aliphatic hydroxyl groups is 1. The summed E-state index contributed by atoms with van der Waals surface area (Å²) in [6.07, 6.45) is 6.68. The van der Waals surface area contributed by atoms with Gasteiger partial charge in [0.2, 0.25) is 0 Å². The number of nitriles is 1. The van der Waals surface area contributed by atoms with Crippen LogP contribution in [0.4, 0.5) is 0 Å². The fourth-order valence-corrected chi connectivity index (χ4v) is 4.02. The number of rotatable bonds is 2. The highest BCUT2D eigenvalue weighted by molar-refractivity contribution is 5.15. The lowest BCUT2D eigenvalue weighted by molar-refractivity contribution is -0.123. The van der Waals surface area contributed by atoms with E-state index in [1.54, 1.807) is 0 Å². The molecule has 108 valence electrons. The van der Waals surface area contributed by atoms with Crippen LogP contribution in [0, 0.1) is 22.7 Å². The maximum Gasteiger partial charge on any atom is 0.0861 e. The van der Waals surface area contributed by atoms with Crippen molar-refractivity contribution in [1.29, 1.82) is 5.26 Å². The van der Waals surface area contributed by atoms with E-state index in [1.807, 2.05) is 0 Å². The molecule has 0 amide bonds. The van der Waals surface area contributed by atoms with Gasteiger partial charge in [-0.2, -0.15) is 5.26 Å². The van der Waals surface area contributed by atoms with Crippen LogP contribution in [-0.4, -0.2) is 35.2 Å². The van der Waals surface area contributed by atoms with Crippen LogP contribution < -0.4 is 0 Å². The Bertz CT molecular complexity index is 354. The molecule has 1 aliphatic heterocycles. The van der Waals surface area contributed by atoms with Crippen LogP contribution in [0.5, 0.6) is 0 Å². The summed E-state index contributed by atoms with van der Waals surface area (Å²) < 4.78 is 0. The van der Waals surface area contributed by atoms with Crippen LogP contribution in [0.1, 0.15) is 58.8 Å². The molecule has 0 spiro atoms. The van der Waals surface area contributed by atoms with Crippen LogP contribution in [0.25, 0.3) is 0 Å². The van der Waals surface area contributed by atoms with Gasteiger partial charge >= 0.3 is 0 Å². The molecule has 1 heterocycles. The van der Waals surface area contributed by atoms with Gasteiger partial charge in [0.25, 0.3) is 0 Å². The Hall–Kier alpha value is -0.590. The van der Waals surface area contributed by atoms with Crippen LogP contribution in [0.15, 0.2) is 0 Å². The van der Waals surface area contributed by atoms with E-state index in [1.165, 1.54) is 6.42 Å². The molecule has 0 aromatic carbocycles. The molecule has 0 bridgehead atoms. The molecule has 3 nitrogen and oxygen atoms in total. The number of hydrogen-bond acceptors (Lipinski definition) is 3. The van der Waals surface area contributed by atoms with Crippen molar-refractivity contribution in [1.82, 2.24) is 4.90 Å². The predicted octanol–water partition coefficient (Wildman–Crippen LogP) is 2.94. The van der Waals surface area contributed by atoms with Gasteiger partial charge in [-0.25, -0.2) is 0 Å². The molecular weight excluding hydrogens is 236 g/mol. The number of piperidine rings is 1. The number of nitrogens with zero attached hydrogens (tertiary/aromatic N) is 2. The lowest BCUT2D eigenvalue weighted by Crippen LogP contribution is -2.57. The van der Waals surface area contributed by atoms with E-state index < -0.39 is 11.0 Å². The lowest BCUT2D eigenvalue weighted by atomic mass is 9.58. The molecule has 1 saturated carbocycles. The zero-order valence-corrected chi connectivity index (χ0v) is 12.7. The third kappa shape index (κ3) is 2.53. The van der Waals surface area contributed by atoms with Crippen LogP contribution >= 0.6 is 0 Å². The topological polar surface area (TPSA) is 47.3 Å². The molecule has 0 radical (unpaired) electrons. The molecule has 0 aromatic heterocycles. The molecule has 2 fully saturated rings. The molecule has 2 aliphatic rings. The summed E-state index contributed by atoms with van der Waals surface area (Å²) in [5, 5.41) is 20.9. The summed E-state index contributed by atoms with van der Waals surface area (Å²) in [7, 11) is 2.11. The second-order valence-electron chi connectivity index (χ2n) is 6.86. The van der Waals surface area contributed by atoms with Gasteiger partial charge in [-0.15, -0.1) is 0 Å². The third-order valence-electron chi connectivity index (χ3n) is 5.90. The minimum absolute atomic E-state index is 0.368. The maximum absolute atomic E-state index is 11.1. The Morgan fingerprint density at radius 2 is 1.95 bits per heavy atom. The van der Waals surface area contributed by atoms with E-state index in [0.717, 1.165) is 51.0 Å². The minimum Gasteiger partial charge on any atom is -0.388 e. The molecule has 2 unspecified atom stereocenters. The first-order valence-electron chi connectivity index (χ1n) is 7.80. The smallest absolute Gasteiger partial charge is 0.0861 e. The van der Waals surface area contributed by atoms with Crippen molar-refractivity contribution >= 4 is 0 Å².